The van der Waals surface area contributed by atoms with E-state index < -0.39 is 0 Å². The quantitative estimate of drug-likeness (QED) is 0.738. The molecule has 0 bridgehead atoms. The van der Waals surface area contributed by atoms with Gasteiger partial charge in [0.1, 0.15) is 6.61 Å². The minimum atomic E-state index is -0.238. The molecule has 134 valence electrons. The third-order valence-electron chi connectivity index (χ3n) is 4.41. The molecule has 0 aromatic heterocycles. The fourth-order valence-corrected chi connectivity index (χ4v) is 3.02. The van der Waals surface area contributed by atoms with E-state index in [1.54, 1.807) is 0 Å². The summed E-state index contributed by atoms with van der Waals surface area (Å²) in [5.74, 6) is 5.55. The van der Waals surface area contributed by atoms with Gasteiger partial charge in [-0.2, -0.15) is 0 Å². The molecule has 1 fully saturated rings. The van der Waals surface area contributed by atoms with Gasteiger partial charge in [-0.25, -0.2) is 10.7 Å². The van der Waals surface area contributed by atoms with Crippen LogP contribution in [0, 0.1) is 5.92 Å². The van der Waals surface area contributed by atoms with Crippen LogP contribution >= 0.6 is 0 Å². The maximum Gasteiger partial charge on any atom is 0.410 e. The number of nitrogens with two attached hydrogens (primary N) is 1. The van der Waals surface area contributed by atoms with Gasteiger partial charge in [0.2, 0.25) is 0 Å². The largest absolute Gasteiger partial charge is 0.445 e. The molecule has 1 unspecified atom stereocenters. The van der Waals surface area contributed by atoms with E-state index in [9.17, 15) is 4.79 Å². The van der Waals surface area contributed by atoms with Crippen molar-refractivity contribution in [2.45, 2.75) is 32.9 Å². The van der Waals surface area contributed by atoms with E-state index >= 15 is 0 Å². The van der Waals surface area contributed by atoms with Crippen LogP contribution in [-0.2, 0) is 16.2 Å². The standard InChI is InChI=1S/C18H29N3O3/c1-15(2)21(13-17-8-9-20(12-17)10-11-24-19)18(22)23-14-16-6-4-3-5-7-16/h3-7,15,17H,8-14,19H2,1-2H3. The van der Waals surface area contributed by atoms with Crippen molar-refractivity contribution in [1.82, 2.24) is 9.80 Å². The Hall–Kier alpha value is -1.63. The summed E-state index contributed by atoms with van der Waals surface area (Å²) in [5.41, 5.74) is 1.00. The maximum absolute atomic E-state index is 12.5. The fraction of sp³-hybridized carbons (Fsp3) is 0.611. The molecule has 2 N–H and O–H groups in total. The first-order chi connectivity index (χ1) is 11.6. The highest BCUT2D eigenvalue weighted by atomic mass is 16.6. The zero-order chi connectivity index (χ0) is 17.4. The van der Waals surface area contributed by atoms with Gasteiger partial charge in [0, 0.05) is 25.7 Å². The van der Waals surface area contributed by atoms with E-state index in [4.69, 9.17) is 10.6 Å². The van der Waals surface area contributed by atoms with Gasteiger partial charge in [0.05, 0.1) is 6.61 Å². The first-order valence-electron chi connectivity index (χ1n) is 8.61. The van der Waals surface area contributed by atoms with Crippen LogP contribution in [0.3, 0.4) is 0 Å². The first kappa shape index (κ1) is 18.7. The molecule has 0 spiro atoms. The van der Waals surface area contributed by atoms with Gasteiger partial charge in [-0.3, -0.25) is 0 Å². The van der Waals surface area contributed by atoms with Gasteiger partial charge in [0.25, 0.3) is 0 Å². The van der Waals surface area contributed by atoms with Gasteiger partial charge < -0.3 is 19.4 Å². The summed E-state index contributed by atoms with van der Waals surface area (Å²) in [4.78, 5) is 21.3. The first-order valence-corrected chi connectivity index (χ1v) is 8.61. The van der Waals surface area contributed by atoms with Gasteiger partial charge in [-0.1, -0.05) is 30.3 Å². The summed E-state index contributed by atoms with van der Waals surface area (Å²) >= 11 is 0. The summed E-state index contributed by atoms with van der Waals surface area (Å²) in [7, 11) is 0. The maximum atomic E-state index is 12.5. The Labute approximate surface area is 144 Å². The van der Waals surface area contributed by atoms with Crippen molar-refractivity contribution in [2.24, 2.45) is 11.8 Å². The fourth-order valence-electron chi connectivity index (χ4n) is 3.02. The van der Waals surface area contributed by atoms with E-state index in [0.717, 1.165) is 38.2 Å². The number of carbonyl (C=O) groups is 1. The van der Waals surface area contributed by atoms with Crippen LogP contribution < -0.4 is 5.90 Å². The lowest BCUT2D eigenvalue weighted by molar-refractivity contribution is 0.0783. The molecule has 0 saturated carbocycles. The third kappa shape index (κ3) is 5.78. The Balaban J connectivity index is 1.82. The Morgan fingerprint density at radius 1 is 1.38 bits per heavy atom. The second-order valence-corrected chi connectivity index (χ2v) is 6.61. The lowest BCUT2D eigenvalue weighted by Crippen LogP contribution is -2.41. The summed E-state index contributed by atoms with van der Waals surface area (Å²) < 4.78 is 5.49. The van der Waals surface area contributed by atoms with Crippen LogP contribution in [0.5, 0.6) is 0 Å². The predicted molar refractivity (Wildman–Crippen MR) is 93.2 cm³/mol. The number of nitrogens with zero attached hydrogens (tertiary/aromatic N) is 2. The van der Waals surface area contributed by atoms with Crippen LogP contribution in [0.1, 0.15) is 25.8 Å². The van der Waals surface area contributed by atoms with Crippen molar-refractivity contribution in [3.05, 3.63) is 35.9 Å². The summed E-state index contributed by atoms with van der Waals surface area (Å²) in [6, 6.07) is 9.88. The molecule has 0 radical (unpaired) electrons. The molecular formula is C18H29N3O3. The Kier molecular flexibility index (Phi) is 7.49. The van der Waals surface area contributed by atoms with Crippen molar-refractivity contribution in [1.29, 1.82) is 0 Å². The number of likely N-dealkylation sites (tertiary alicyclic amines) is 1. The Morgan fingerprint density at radius 3 is 2.79 bits per heavy atom. The zero-order valence-electron chi connectivity index (χ0n) is 14.7. The zero-order valence-corrected chi connectivity index (χ0v) is 14.7. The number of ether oxygens (including phenoxy) is 1. The van der Waals surface area contributed by atoms with E-state index in [1.165, 1.54) is 0 Å². The van der Waals surface area contributed by atoms with Gasteiger partial charge in [0.15, 0.2) is 0 Å². The van der Waals surface area contributed by atoms with Crippen LogP contribution in [0.15, 0.2) is 30.3 Å². The molecule has 24 heavy (non-hydrogen) atoms. The molecule has 1 heterocycles. The van der Waals surface area contributed by atoms with Crippen molar-refractivity contribution in [2.75, 3.05) is 32.8 Å². The highest BCUT2D eigenvalue weighted by Gasteiger charge is 2.28. The molecule has 1 amide bonds. The van der Waals surface area contributed by atoms with E-state index in [2.05, 4.69) is 9.74 Å². The van der Waals surface area contributed by atoms with Crippen LogP contribution in [-0.4, -0.2) is 54.7 Å². The second-order valence-electron chi connectivity index (χ2n) is 6.61. The Morgan fingerprint density at radius 2 is 2.12 bits per heavy atom. The SMILES string of the molecule is CC(C)N(CC1CCN(CCON)C1)C(=O)OCc1ccccc1. The molecule has 1 aromatic rings. The van der Waals surface area contributed by atoms with Gasteiger partial charge in [-0.15, -0.1) is 0 Å². The molecule has 1 atom stereocenters. The molecule has 6 nitrogen and oxygen atoms in total. The minimum Gasteiger partial charge on any atom is -0.445 e. The topological polar surface area (TPSA) is 68.0 Å². The van der Waals surface area contributed by atoms with Crippen molar-refractivity contribution in [3.8, 4) is 0 Å². The second kappa shape index (κ2) is 9.61. The van der Waals surface area contributed by atoms with Crippen molar-refractivity contribution < 1.29 is 14.4 Å². The highest BCUT2D eigenvalue weighted by Crippen LogP contribution is 2.19. The van der Waals surface area contributed by atoms with Crippen LogP contribution in [0.4, 0.5) is 4.79 Å². The summed E-state index contributed by atoms with van der Waals surface area (Å²) in [5, 5.41) is 0. The molecule has 0 aliphatic carbocycles. The van der Waals surface area contributed by atoms with Crippen LogP contribution in [0.2, 0.25) is 0 Å². The average molecular weight is 335 g/mol. The Bertz CT molecular complexity index is 496. The normalized spacial score (nSPS) is 18.1. The van der Waals surface area contributed by atoms with Crippen LogP contribution in [0.25, 0.3) is 0 Å². The van der Waals surface area contributed by atoms with Gasteiger partial charge >= 0.3 is 6.09 Å². The predicted octanol–water partition coefficient (Wildman–Crippen LogP) is 2.25. The monoisotopic (exact) mass is 335 g/mol. The number of hydrogen-bond acceptors (Lipinski definition) is 5. The molecule has 6 heteroatoms. The van der Waals surface area contributed by atoms with Crippen molar-refractivity contribution >= 4 is 6.09 Å². The van der Waals surface area contributed by atoms with E-state index in [1.807, 2.05) is 49.1 Å². The highest BCUT2D eigenvalue weighted by molar-refractivity contribution is 5.68. The molecule has 1 aromatic carbocycles. The molecular weight excluding hydrogens is 306 g/mol. The molecule has 1 aliphatic heterocycles. The summed E-state index contributed by atoms with van der Waals surface area (Å²) in [6.07, 6.45) is 0.845. The number of carbonyl (C=O) groups excluding carboxylic acids is 1. The lowest BCUT2D eigenvalue weighted by atomic mass is 10.1. The molecule has 1 saturated heterocycles. The number of benzene rings is 1. The van der Waals surface area contributed by atoms with E-state index in [0.29, 0.717) is 19.1 Å². The number of amides is 1. The van der Waals surface area contributed by atoms with E-state index in [-0.39, 0.29) is 12.1 Å². The number of rotatable bonds is 8. The third-order valence-corrected chi connectivity index (χ3v) is 4.41. The minimum absolute atomic E-state index is 0.120. The number of hydrogen-bond donors (Lipinski definition) is 1. The van der Waals surface area contributed by atoms with Crippen molar-refractivity contribution in [3.63, 3.8) is 0 Å². The molecule has 1 aliphatic rings. The van der Waals surface area contributed by atoms with Gasteiger partial charge in [-0.05, 0) is 38.3 Å². The summed E-state index contributed by atoms with van der Waals surface area (Å²) in [6.45, 7) is 8.47. The average Bonchev–Trinajstić information content (AvgIpc) is 3.04. The molecule has 2 rings (SSSR count). The lowest BCUT2D eigenvalue weighted by Gasteiger charge is -2.28. The smallest absolute Gasteiger partial charge is 0.410 e.